The molecule has 0 saturated carbocycles. The summed E-state index contributed by atoms with van der Waals surface area (Å²) in [6.07, 6.45) is 18.8. The van der Waals surface area contributed by atoms with E-state index in [1.165, 1.54) is 17.8 Å². The van der Waals surface area contributed by atoms with Crippen molar-refractivity contribution in [2.45, 2.75) is 51.0 Å². The van der Waals surface area contributed by atoms with Crippen LogP contribution in [0.3, 0.4) is 0 Å². The number of rotatable bonds is 18. The molecule has 0 spiro atoms. The van der Waals surface area contributed by atoms with Crippen LogP contribution < -0.4 is 31.0 Å². The number of nitrogens with zero attached hydrogens (tertiary/aromatic N) is 6. The van der Waals surface area contributed by atoms with E-state index in [0.717, 1.165) is 136 Å². The number of nitrogens with one attached hydrogen (secondary N) is 2. The highest BCUT2D eigenvalue weighted by molar-refractivity contribution is 8.59. The van der Waals surface area contributed by atoms with E-state index >= 15 is 0 Å². The number of aliphatic imine (C=N–C) groups is 1. The SMILES string of the molecule is C=C1CCN(C(=O)c2cc(OC)c(OCCCCCOc3ccc(-c4nc5ccc(C6=NC7CC=C(N8CCN(C)CC8)C=C7N6)cc5[nH]4)cc3)cc2N)C1.N/C=C\C=C/CCCN1CCOC1.O=CO.SS. The molecule has 73 heavy (non-hydrogen) atoms. The number of thiol groups is 2. The minimum atomic E-state index is -0.250. The molecule has 0 radical (unpaired) electrons. The number of carbonyl (C=O) groups excluding carboxylic acids is 1. The topological polar surface area (TPSA) is 209 Å². The first kappa shape index (κ1) is 55.9. The highest BCUT2D eigenvalue weighted by Gasteiger charge is 2.29. The summed E-state index contributed by atoms with van der Waals surface area (Å²) >= 11 is 6.44. The lowest BCUT2D eigenvalue weighted by Crippen LogP contribution is -2.44. The first-order chi connectivity index (χ1) is 35.7. The van der Waals surface area contributed by atoms with E-state index in [1.807, 2.05) is 36.4 Å². The van der Waals surface area contributed by atoms with Crippen LogP contribution in [0.2, 0.25) is 0 Å². The highest BCUT2D eigenvalue weighted by Crippen LogP contribution is 2.34. The van der Waals surface area contributed by atoms with Gasteiger partial charge in [-0.25, -0.2) is 4.98 Å². The Labute approximate surface area is 439 Å². The van der Waals surface area contributed by atoms with E-state index in [9.17, 15) is 4.79 Å². The third-order valence-corrected chi connectivity index (χ3v) is 12.9. The van der Waals surface area contributed by atoms with Crippen LogP contribution in [0.4, 0.5) is 5.69 Å². The number of amides is 1. The van der Waals surface area contributed by atoms with Crippen molar-refractivity contribution < 1.29 is 33.6 Å². The van der Waals surface area contributed by atoms with Gasteiger partial charge >= 0.3 is 0 Å². The summed E-state index contributed by atoms with van der Waals surface area (Å²) < 4.78 is 22.8. The molecule has 9 rings (SSSR count). The first-order valence-electron chi connectivity index (χ1n) is 24.8. The number of aromatic amines is 1. The zero-order valence-electron chi connectivity index (χ0n) is 42.1. The number of anilines is 1. The number of imidazole rings is 1. The Kier molecular flexibility index (Phi) is 22.5. The monoisotopic (exact) mass is 1040 g/mol. The molecular formula is C54H72N10O7S2. The number of hydrogen-bond donors (Lipinski definition) is 7. The van der Waals surface area contributed by atoms with Gasteiger partial charge in [0.15, 0.2) is 11.5 Å². The lowest BCUT2D eigenvalue weighted by atomic mass is 10.0. The number of piperazine rings is 1. The zero-order chi connectivity index (χ0) is 52.0. The second-order valence-electron chi connectivity index (χ2n) is 18.0. The number of allylic oxidation sites excluding steroid dienone is 4. The Hall–Kier alpha value is -6.38. The molecule has 1 unspecified atom stereocenters. The Bertz CT molecular complexity index is 2590. The van der Waals surface area contributed by atoms with Crippen molar-refractivity contribution in [2.24, 2.45) is 10.7 Å². The minimum Gasteiger partial charge on any atom is -0.494 e. The smallest absolute Gasteiger partial charge is 0.290 e. The lowest BCUT2D eigenvalue weighted by Gasteiger charge is -2.36. The summed E-state index contributed by atoms with van der Waals surface area (Å²) in [5.74, 6) is 3.46. The largest absolute Gasteiger partial charge is 0.494 e. The van der Waals surface area contributed by atoms with E-state index in [4.69, 9.17) is 50.3 Å². The van der Waals surface area contributed by atoms with Crippen LogP contribution in [0.5, 0.6) is 17.2 Å². The third kappa shape index (κ3) is 16.3. The van der Waals surface area contributed by atoms with Gasteiger partial charge in [0.1, 0.15) is 17.4 Å². The van der Waals surface area contributed by atoms with E-state index in [-0.39, 0.29) is 18.4 Å². The predicted octanol–water partition coefficient (Wildman–Crippen LogP) is 7.53. The number of benzene rings is 3. The number of amidine groups is 1. The summed E-state index contributed by atoms with van der Waals surface area (Å²) in [6.45, 7) is 14.3. The van der Waals surface area contributed by atoms with Crippen molar-refractivity contribution in [3.05, 3.63) is 126 Å². The number of likely N-dealkylation sites (tertiary alicyclic amines) is 1. The maximum Gasteiger partial charge on any atom is 0.290 e. The van der Waals surface area contributed by atoms with E-state index in [1.54, 1.807) is 30.3 Å². The normalized spacial score (nSPS) is 17.6. The van der Waals surface area contributed by atoms with Crippen LogP contribution in [0.15, 0.2) is 120 Å². The van der Waals surface area contributed by atoms with Gasteiger partial charge in [-0.15, -0.1) is 23.3 Å². The van der Waals surface area contributed by atoms with Crippen molar-refractivity contribution in [1.29, 1.82) is 0 Å². The second-order valence-corrected chi connectivity index (χ2v) is 18.0. The average Bonchev–Trinajstić information content (AvgIpc) is 4.26. The van der Waals surface area contributed by atoms with Gasteiger partial charge < -0.3 is 60.5 Å². The molecule has 3 saturated heterocycles. The Morgan fingerprint density at radius 3 is 2.41 bits per heavy atom. The number of carboxylic acid groups (broad SMARTS) is 1. The van der Waals surface area contributed by atoms with Gasteiger partial charge in [-0.1, -0.05) is 30.4 Å². The highest BCUT2D eigenvalue weighted by atomic mass is 33.1. The van der Waals surface area contributed by atoms with E-state index in [0.29, 0.717) is 49.1 Å². The molecule has 3 aromatic carbocycles. The number of hydrogen-bond acceptors (Lipinski definition) is 16. The predicted molar refractivity (Wildman–Crippen MR) is 298 cm³/mol. The third-order valence-electron chi connectivity index (χ3n) is 12.9. The van der Waals surface area contributed by atoms with Crippen molar-refractivity contribution in [3.8, 4) is 28.6 Å². The maximum atomic E-state index is 13.0. The van der Waals surface area contributed by atoms with Gasteiger partial charge in [0.25, 0.3) is 12.4 Å². The standard InChI is InChI=1S/C43H50N8O4.C10H18N2O.CH2O2.H2S2/c1-28-15-16-51(27-28)43(52)33-25-39(53-3)40(26-34(33)44)55-22-6-4-5-21-54-32-11-7-29(8-12-32)41-45-35-13-9-30(23-37(35)47-41)42-46-36-14-10-31(24-38(36)48-42)50-19-17-49(2)18-20-50;11-6-4-2-1-3-5-7-12-8-9-13-10-12;2-1-3;1-2/h7-13,23-26,36H,1,4-6,14-22,27,44H2,2-3H3,(H,45,47)(H,46,48);1-2,4,6H,3,5,7-11H2;1H,(H,2,3);1-2H/b;2-1-,6-4-;;. The molecule has 0 bridgehead atoms. The molecule has 1 aromatic heterocycles. The molecule has 19 heteroatoms. The first-order valence-corrected chi connectivity index (χ1v) is 26.4. The Balaban J connectivity index is 0.000000413. The molecular weight excluding hydrogens is 965 g/mol. The molecule has 17 nitrogen and oxygen atoms in total. The van der Waals surface area contributed by atoms with Crippen LogP contribution >= 0.6 is 23.3 Å². The van der Waals surface area contributed by atoms with Gasteiger partial charge in [-0.3, -0.25) is 19.5 Å². The number of H-pyrrole nitrogens is 1. The summed E-state index contributed by atoms with van der Waals surface area (Å²) in [5.41, 5.74) is 19.7. The Morgan fingerprint density at radius 1 is 0.959 bits per heavy atom. The van der Waals surface area contributed by atoms with Crippen LogP contribution in [0.25, 0.3) is 22.4 Å². The molecule has 1 aliphatic carbocycles. The molecule has 4 aromatic rings. The van der Waals surface area contributed by atoms with Crippen LogP contribution in [-0.4, -0.2) is 152 Å². The number of nitrogen functional groups attached to an aromatic ring is 1. The van der Waals surface area contributed by atoms with Crippen LogP contribution in [0.1, 0.15) is 60.9 Å². The maximum absolute atomic E-state index is 13.0. The van der Waals surface area contributed by atoms with E-state index < -0.39 is 0 Å². The number of aromatic nitrogens is 2. The second kappa shape index (κ2) is 29.4. The average molecular weight is 1040 g/mol. The van der Waals surface area contributed by atoms with Crippen LogP contribution in [-0.2, 0) is 9.53 Å². The molecule has 4 aliphatic heterocycles. The number of nitrogens with two attached hydrogens (primary N) is 2. The zero-order valence-corrected chi connectivity index (χ0v) is 43.9. The number of ether oxygens (including phenoxy) is 4. The van der Waals surface area contributed by atoms with Gasteiger partial charge in [0.2, 0.25) is 0 Å². The summed E-state index contributed by atoms with van der Waals surface area (Å²) in [5, 5.41) is 10.5. The Morgan fingerprint density at radius 2 is 1.71 bits per heavy atom. The fraction of sp³-hybridized carbons (Fsp3) is 0.407. The summed E-state index contributed by atoms with van der Waals surface area (Å²) in [4.78, 5) is 43.7. The van der Waals surface area contributed by atoms with Crippen LogP contribution in [0, 0.1) is 0 Å². The summed E-state index contributed by atoms with van der Waals surface area (Å²) in [6, 6.07) is 17.8. The van der Waals surface area contributed by atoms with Crippen molar-refractivity contribution in [2.75, 3.05) is 98.8 Å². The quantitative estimate of drug-likeness (QED) is 0.00978. The van der Waals surface area contributed by atoms with Crippen molar-refractivity contribution in [1.82, 2.24) is 34.9 Å². The van der Waals surface area contributed by atoms with Gasteiger partial charge in [0.05, 0.1) is 56.3 Å². The van der Waals surface area contributed by atoms with Gasteiger partial charge in [-0.05, 0) is 119 Å². The fourth-order valence-corrected chi connectivity index (χ4v) is 8.83. The number of methoxy groups -OCH3 is 1. The number of likely N-dealkylation sites (N-methyl/N-ethyl adjacent to an activating group) is 1. The number of unbranched alkanes of at least 4 members (excludes halogenated alkanes) is 3. The van der Waals surface area contributed by atoms with Gasteiger partial charge in [-0.2, -0.15) is 0 Å². The molecule has 1 amide bonds. The van der Waals surface area contributed by atoms with Gasteiger partial charge in [0, 0.05) is 86.6 Å². The lowest BCUT2D eigenvalue weighted by molar-refractivity contribution is -0.122. The molecule has 392 valence electrons. The molecule has 1 atom stereocenters. The van der Waals surface area contributed by atoms with Crippen molar-refractivity contribution in [3.63, 3.8) is 0 Å². The molecule has 3 fully saturated rings. The number of fused-ring (bicyclic) bond motifs is 2. The number of carbonyl (C=O) groups is 2. The fourth-order valence-electron chi connectivity index (χ4n) is 8.83. The molecule has 5 heterocycles. The van der Waals surface area contributed by atoms with Crippen molar-refractivity contribution >= 4 is 58.3 Å². The van der Waals surface area contributed by atoms with E-state index in [2.05, 4.69) is 98.4 Å². The molecule has 5 aliphatic rings. The minimum absolute atomic E-state index is 0.115. The molecule has 7 N–H and O–H groups in total. The summed E-state index contributed by atoms with van der Waals surface area (Å²) in [7, 11) is 3.75.